The van der Waals surface area contributed by atoms with Crippen molar-refractivity contribution in [3.63, 3.8) is 0 Å². The second-order valence-electron chi connectivity index (χ2n) is 5.00. The van der Waals surface area contributed by atoms with Gasteiger partial charge in [0.05, 0.1) is 0 Å². The van der Waals surface area contributed by atoms with Gasteiger partial charge >= 0.3 is 6.03 Å². The third kappa shape index (κ3) is 3.07. The summed E-state index contributed by atoms with van der Waals surface area (Å²) in [6.45, 7) is 4.13. The van der Waals surface area contributed by atoms with Crippen molar-refractivity contribution < 1.29 is 9.59 Å². The van der Waals surface area contributed by atoms with Gasteiger partial charge in [-0.3, -0.25) is 9.69 Å². The van der Waals surface area contributed by atoms with E-state index in [9.17, 15) is 9.59 Å². The molecule has 1 aliphatic heterocycles. The second-order valence-corrected chi connectivity index (χ2v) is 5.43. The molecule has 19 heavy (non-hydrogen) atoms. The molecule has 0 spiro atoms. The van der Waals surface area contributed by atoms with Crippen molar-refractivity contribution in [2.45, 2.75) is 32.2 Å². The molecule has 0 bridgehead atoms. The summed E-state index contributed by atoms with van der Waals surface area (Å²) in [5, 5.41) is 3.47. The van der Waals surface area contributed by atoms with Crippen molar-refractivity contribution in [3.05, 3.63) is 34.9 Å². The van der Waals surface area contributed by atoms with Gasteiger partial charge in [-0.1, -0.05) is 23.7 Å². The second kappa shape index (κ2) is 5.61. The van der Waals surface area contributed by atoms with E-state index in [0.717, 1.165) is 5.56 Å². The maximum Gasteiger partial charge on any atom is 0.324 e. The summed E-state index contributed by atoms with van der Waals surface area (Å²) in [4.78, 5) is 25.3. The van der Waals surface area contributed by atoms with Crippen LogP contribution < -0.4 is 5.32 Å². The number of hydrogen-bond donors (Lipinski definition) is 1. The van der Waals surface area contributed by atoms with Crippen LogP contribution in [0.2, 0.25) is 5.02 Å². The van der Waals surface area contributed by atoms with E-state index >= 15 is 0 Å². The van der Waals surface area contributed by atoms with E-state index in [0.29, 0.717) is 18.0 Å². The fraction of sp³-hybridized carbons (Fsp3) is 0.429. The van der Waals surface area contributed by atoms with E-state index in [1.165, 1.54) is 4.90 Å². The quantitative estimate of drug-likeness (QED) is 0.906. The standard InChI is InChI=1S/C14H17ClN2O2/c1-9(2)17-13(18)7-11(8-16-14(17)19)10-3-5-12(15)6-4-10/h3-6,9,11H,7-8H2,1-2H3,(H,16,19). The summed E-state index contributed by atoms with van der Waals surface area (Å²) in [7, 11) is 0. The van der Waals surface area contributed by atoms with E-state index in [4.69, 9.17) is 11.6 Å². The van der Waals surface area contributed by atoms with E-state index in [-0.39, 0.29) is 23.9 Å². The summed E-state index contributed by atoms with van der Waals surface area (Å²) in [6.07, 6.45) is 0.332. The minimum absolute atomic E-state index is 0.00235. The highest BCUT2D eigenvalue weighted by atomic mass is 35.5. The Kier molecular flexibility index (Phi) is 4.10. The molecule has 5 heteroatoms. The molecule has 1 fully saturated rings. The number of imide groups is 1. The van der Waals surface area contributed by atoms with Crippen molar-refractivity contribution in [1.82, 2.24) is 10.2 Å². The van der Waals surface area contributed by atoms with Gasteiger partial charge in [0.1, 0.15) is 0 Å². The zero-order valence-electron chi connectivity index (χ0n) is 11.0. The molecule has 3 amide bonds. The molecule has 1 heterocycles. The highest BCUT2D eigenvalue weighted by Crippen LogP contribution is 2.24. The average Bonchev–Trinajstić information content (AvgIpc) is 2.49. The Morgan fingerprint density at radius 2 is 1.89 bits per heavy atom. The fourth-order valence-corrected chi connectivity index (χ4v) is 2.41. The summed E-state index contributed by atoms with van der Waals surface area (Å²) in [5.41, 5.74) is 1.02. The van der Waals surface area contributed by atoms with Crippen LogP contribution >= 0.6 is 11.6 Å². The molecule has 0 radical (unpaired) electrons. The van der Waals surface area contributed by atoms with Gasteiger partial charge in [-0.05, 0) is 31.5 Å². The number of rotatable bonds is 2. The summed E-state index contributed by atoms with van der Waals surface area (Å²) in [6, 6.07) is 6.96. The van der Waals surface area contributed by atoms with Gasteiger partial charge in [-0.2, -0.15) is 0 Å². The Bertz CT molecular complexity index is 485. The number of halogens is 1. The van der Waals surface area contributed by atoms with E-state index < -0.39 is 0 Å². The summed E-state index contributed by atoms with van der Waals surface area (Å²) in [5.74, 6) is -0.137. The Morgan fingerprint density at radius 1 is 1.26 bits per heavy atom. The van der Waals surface area contributed by atoms with Gasteiger partial charge < -0.3 is 5.32 Å². The zero-order valence-corrected chi connectivity index (χ0v) is 11.8. The first-order chi connectivity index (χ1) is 8.99. The minimum atomic E-state index is -0.309. The van der Waals surface area contributed by atoms with Gasteiger partial charge in [0.25, 0.3) is 0 Å². The number of hydrogen-bond acceptors (Lipinski definition) is 2. The molecule has 1 atom stereocenters. The maximum absolute atomic E-state index is 12.2. The summed E-state index contributed by atoms with van der Waals surface area (Å²) < 4.78 is 0. The molecule has 1 aliphatic rings. The van der Waals surface area contributed by atoms with Gasteiger partial charge in [0.15, 0.2) is 0 Å². The smallest absolute Gasteiger partial charge is 0.324 e. The molecule has 1 aromatic carbocycles. The van der Waals surface area contributed by atoms with E-state index in [1.807, 2.05) is 26.0 Å². The molecule has 1 saturated heterocycles. The Hall–Kier alpha value is -1.55. The molecule has 1 unspecified atom stereocenters. The van der Waals surface area contributed by atoms with Crippen molar-refractivity contribution in [2.75, 3.05) is 6.54 Å². The molecular weight excluding hydrogens is 264 g/mol. The number of urea groups is 1. The molecule has 1 aromatic rings. The Labute approximate surface area is 117 Å². The van der Waals surface area contributed by atoms with Crippen molar-refractivity contribution in [1.29, 1.82) is 0 Å². The summed E-state index contributed by atoms with van der Waals surface area (Å²) >= 11 is 5.85. The number of carbonyl (C=O) groups excluding carboxylic acids is 2. The topological polar surface area (TPSA) is 49.4 Å². The average molecular weight is 281 g/mol. The normalized spacial score (nSPS) is 20.4. The lowest BCUT2D eigenvalue weighted by atomic mass is 9.95. The molecule has 102 valence electrons. The van der Waals surface area contributed by atoms with Crippen molar-refractivity contribution >= 4 is 23.5 Å². The van der Waals surface area contributed by atoms with E-state index in [1.54, 1.807) is 12.1 Å². The monoisotopic (exact) mass is 280 g/mol. The SMILES string of the molecule is CC(C)N1C(=O)CC(c2ccc(Cl)cc2)CNC1=O. The predicted octanol–water partition coefficient (Wildman–Crippen LogP) is 2.77. The fourth-order valence-electron chi connectivity index (χ4n) is 2.28. The van der Waals surface area contributed by atoms with Crippen molar-refractivity contribution in [3.8, 4) is 0 Å². The number of nitrogens with one attached hydrogen (secondary N) is 1. The third-order valence-corrected chi connectivity index (χ3v) is 3.52. The molecule has 4 nitrogen and oxygen atoms in total. The van der Waals surface area contributed by atoms with Crippen LogP contribution in [0.1, 0.15) is 31.7 Å². The first-order valence-corrected chi connectivity index (χ1v) is 6.72. The molecule has 0 saturated carbocycles. The zero-order chi connectivity index (χ0) is 14.0. The maximum atomic E-state index is 12.2. The van der Waals surface area contributed by atoms with Crippen LogP contribution in [0.4, 0.5) is 4.79 Å². The number of nitrogens with zero attached hydrogens (tertiary/aromatic N) is 1. The largest absolute Gasteiger partial charge is 0.337 e. The van der Waals surface area contributed by atoms with Crippen LogP contribution in [-0.4, -0.2) is 29.4 Å². The van der Waals surface area contributed by atoms with Crippen molar-refractivity contribution in [2.24, 2.45) is 0 Å². The first kappa shape index (κ1) is 13.9. The lowest BCUT2D eigenvalue weighted by Gasteiger charge is -2.22. The molecule has 0 aromatic heterocycles. The van der Waals surface area contributed by atoms with Gasteiger partial charge in [0.2, 0.25) is 5.91 Å². The highest BCUT2D eigenvalue weighted by molar-refractivity contribution is 6.30. The van der Waals surface area contributed by atoms with Crippen LogP contribution in [0.25, 0.3) is 0 Å². The van der Waals surface area contributed by atoms with Gasteiger partial charge in [-0.25, -0.2) is 4.79 Å². The van der Waals surface area contributed by atoms with E-state index in [2.05, 4.69) is 5.32 Å². The number of carbonyl (C=O) groups is 2. The number of benzene rings is 1. The van der Waals surface area contributed by atoms with Gasteiger partial charge in [-0.15, -0.1) is 0 Å². The first-order valence-electron chi connectivity index (χ1n) is 6.34. The van der Waals surface area contributed by atoms with Crippen LogP contribution in [0, 0.1) is 0 Å². The lowest BCUT2D eigenvalue weighted by Crippen LogP contribution is -2.45. The lowest BCUT2D eigenvalue weighted by molar-refractivity contribution is -0.129. The number of amides is 3. The van der Waals surface area contributed by atoms with Gasteiger partial charge in [0, 0.05) is 29.9 Å². The van der Waals surface area contributed by atoms with Crippen LogP contribution in [0.15, 0.2) is 24.3 Å². The molecule has 2 rings (SSSR count). The minimum Gasteiger partial charge on any atom is -0.337 e. The highest BCUT2D eigenvalue weighted by Gasteiger charge is 2.31. The third-order valence-electron chi connectivity index (χ3n) is 3.27. The molecule has 0 aliphatic carbocycles. The van der Waals surface area contributed by atoms with Crippen LogP contribution in [0.5, 0.6) is 0 Å². The Morgan fingerprint density at radius 3 is 2.47 bits per heavy atom. The van der Waals surface area contributed by atoms with Crippen LogP contribution in [0.3, 0.4) is 0 Å². The van der Waals surface area contributed by atoms with Crippen LogP contribution in [-0.2, 0) is 4.79 Å². The molecule has 1 N–H and O–H groups in total. The molecular formula is C14H17ClN2O2. The Balaban J connectivity index is 2.20. The predicted molar refractivity (Wildman–Crippen MR) is 74.2 cm³/mol.